The van der Waals surface area contributed by atoms with Gasteiger partial charge in [-0.15, -0.1) is 0 Å². The second-order valence-electron chi connectivity index (χ2n) is 7.65. The number of fused-ring (bicyclic) bond motifs is 1. The van der Waals surface area contributed by atoms with Crippen molar-refractivity contribution in [2.45, 2.75) is 43.6 Å². The van der Waals surface area contributed by atoms with Gasteiger partial charge in [0.05, 0.1) is 16.8 Å². The van der Waals surface area contributed by atoms with Crippen LogP contribution in [-0.4, -0.2) is 38.1 Å². The average Bonchev–Trinajstić information content (AvgIpc) is 3.08. The van der Waals surface area contributed by atoms with Gasteiger partial charge in [0.25, 0.3) is 0 Å². The summed E-state index contributed by atoms with van der Waals surface area (Å²) in [4.78, 5) is 12.5. The maximum absolute atomic E-state index is 13.1. The molecule has 0 spiro atoms. The second-order valence-corrected chi connectivity index (χ2v) is 9.61. The summed E-state index contributed by atoms with van der Waals surface area (Å²) in [7, 11) is -3.69. The van der Waals surface area contributed by atoms with Crippen LogP contribution in [0.15, 0.2) is 59.6 Å². The number of hydrogen-bond acceptors (Lipinski definition) is 4. The van der Waals surface area contributed by atoms with Gasteiger partial charge in [-0.1, -0.05) is 30.3 Å². The molecule has 0 aliphatic rings. The monoisotopic (exact) mass is 446 g/mol. The number of carbonyl (C=O) groups excluding carboxylic acids is 1. The number of halogens is 1. The molecule has 1 N–H and O–H groups in total. The first kappa shape index (κ1) is 23.0. The highest BCUT2D eigenvalue weighted by Gasteiger charge is 2.22. The van der Waals surface area contributed by atoms with E-state index in [1.165, 1.54) is 30.5 Å². The number of benzene rings is 2. The Labute approximate surface area is 181 Å². The van der Waals surface area contributed by atoms with Crippen molar-refractivity contribution in [1.29, 1.82) is 0 Å². The summed E-state index contributed by atoms with van der Waals surface area (Å²) in [6.07, 6.45) is 2.36. The molecule has 0 aliphatic carbocycles. The topological polar surface area (TPSA) is 77.4 Å². The average molecular weight is 447 g/mol. The van der Waals surface area contributed by atoms with Crippen molar-refractivity contribution in [2.75, 3.05) is 13.2 Å². The molecule has 1 heterocycles. The zero-order chi connectivity index (χ0) is 22.4. The summed E-state index contributed by atoms with van der Waals surface area (Å²) in [6, 6.07) is 12.5. The van der Waals surface area contributed by atoms with Gasteiger partial charge in [0, 0.05) is 30.3 Å². The lowest BCUT2D eigenvalue weighted by molar-refractivity contribution is -0.121. The second kappa shape index (κ2) is 10.1. The molecule has 3 aromatic rings. The molecule has 31 heavy (non-hydrogen) atoms. The van der Waals surface area contributed by atoms with Gasteiger partial charge in [-0.05, 0) is 44.0 Å². The van der Waals surface area contributed by atoms with Gasteiger partial charge in [-0.25, -0.2) is 12.8 Å². The summed E-state index contributed by atoms with van der Waals surface area (Å²) >= 11 is 0. The number of aromatic nitrogens is 1. The van der Waals surface area contributed by atoms with E-state index in [0.29, 0.717) is 36.0 Å². The van der Waals surface area contributed by atoms with Gasteiger partial charge < -0.3 is 14.6 Å². The molecular weight excluding hydrogens is 419 g/mol. The molecule has 166 valence electrons. The van der Waals surface area contributed by atoms with Crippen LogP contribution in [-0.2, 0) is 31.7 Å². The van der Waals surface area contributed by atoms with Crippen molar-refractivity contribution in [3.8, 4) is 0 Å². The summed E-state index contributed by atoms with van der Waals surface area (Å²) in [5.41, 5.74) is 1.16. The van der Waals surface area contributed by atoms with Crippen LogP contribution in [0.4, 0.5) is 4.39 Å². The Morgan fingerprint density at radius 1 is 1.13 bits per heavy atom. The molecule has 1 aromatic heterocycles. The Kier molecular flexibility index (Phi) is 7.46. The van der Waals surface area contributed by atoms with Crippen LogP contribution in [0.1, 0.15) is 25.8 Å². The molecule has 1 amide bonds. The molecule has 0 fully saturated rings. The molecule has 0 atom stereocenters. The number of ether oxygens (including phenoxy) is 1. The smallest absolute Gasteiger partial charge is 0.239 e. The van der Waals surface area contributed by atoms with E-state index in [-0.39, 0.29) is 29.2 Å². The zero-order valence-electron chi connectivity index (χ0n) is 17.7. The first-order chi connectivity index (χ1) is 14.8. The summed E-state index contributed by atoms with van der Waals surface area (Å²) < 4.78 is 46.4. The Morgan fingerprint density at radius 2 is 1.84 bits per heavy atom. The molecule has 8 heteroatoms. The number of nitrogens with one attached hydrogen (secondary N) is 1. The van der Waals surface area contributed by atoms with Gasteiger partial charge in [0.15, 0.2) is 9.84 Å². The maximum Gasteiger partial charge on any atom is 0.239 e. The van der Waals surface area contributed by atoms with Crippen LogP contribution in [0.3, 0.4) is 0 Å². The van der Waals surface area contributed by atoms with Crippen LogP contribution in [0.25, 0.3) is 10.9 Å². The Balaban J connectivity index is 1.75. The van der Waals surface area contributed by atoms with Crippen LogP contribution >= 0.6 is 0 Å². The molecule has 0 radical (unpaired) electrons. The summed E-state index contributed by atoms with van der Waals surface area (Å²) in [5, 5.41) is 3.40. The van der Waals surface area contributed by atoms with Crippen molar-refractivity contribution >= 4 is 26.6 Å². The zero-order valence-corrected chi connectivity index (χ0v) is 18.5. The lowest BCUT2D eigenvalue weighted by Crippen LogP contribution is -2.29. The highest BCUT2D eigenvalue weighted by atomic mass is 32.2. The third-order valence-electron chi connectivity index (χ3n) is 4.77. The molecule has 6 nitrogen and oxygen atoms in total. The molecule has 0 saturated heterocycles. The molecule has 0 saturated carbocycles. The van der Waals surface area contributed by atoms with Gasteiger partial charge in [-0.2, -0.15) is 0 Å². The Hall–Kier alpha value is -2.71. The van der Waals surface area contributed by atoms with E-state index in [2.05, 4.69) is 5.32 Å². The quantitative estimate of drug-likeness (QED) is 0.482. The minimum atomic E-state index is -3.69. The van der Waals surface area contributed by atoms with E-state index in [1.807, 2.05) is 13.8 Å². The third kappa shape index (κ3) is 6.15. The van der Waals surface area contributed by atoms with E-state index >= 15 is 0 Å². The fourth-order valence-electron chi connectivity index (χ4n) is 3.30. The number of hydrogen-bond donors (Lipinski definition) is 1. The number of sulfone groups is 1. The predicted octanol–water partition coefficient (Wildman–Crippen LogP) is 3.69. The van der Waals surface area contributed by atoms with Crippen molar-refractivity contribution in [1.82, 2.24) is 9.88 Å². The summed E-state index contributed by atoms with van der Waals surface area (Å²) in [6.45, 7) is 4.98. The van der Waals surface area contributed by atoms with Crippen LogP contribution in [0.5, 0.6) is 0 Å². The Morgan fingerprint density at radius 3 is 2.55 bits per heavy atom. The van der Waals surface area contributed by atoms with E-state index in [4.69, 9.17) is 4.74 Å². The highest BCUT2D eigenvalue weighted by molar-refractivity contribution is 7.90. The van der Waals surface area contributed by atoms with Crippen molar-refractivity contribution in [3.05, 3.63) is 66.1 Å². The lowest BCUT2D eigenvalue weighted by atomic mass is 10.2. The van der Waals surface area contributed by atoms with Crippen molar-refractivity contribution < 1.29 is 22.3 Å². The largest absolute Gasteiger partial charge is 0.379 e. The normalized spacial score (nSPS) is 11.9. The highest BCUT2D eigenvalue weighted by Crippen LogP contribution is 2.28. The van der Waals surface area contributed by atoms with Gasteiger partial charge in [-0.3, -0.25) is 4.79 Å². The van der Waals surface area contributed by atoms with Crippen molar-refractivity contribution in [2.24, 2.45) is 0 Å². The standard InChI is InChI=1S/C23H27FN2O4S/c1-17(2)30-13-5-12-25-23(27)15-26-14-22(20-6-3-4-7-21(20)26)31(28,29)16-18-8-10-19(24)11-9-18/h3-4,6-11,14,17H,5,12-13,15-16H2,1-2H3,(H,25,27). The fraction of sp³-hybridized carbons (Fsp3) is 0.348. The minimum absolute atomic E-state index is 0.0115. The van der Waals surface area contributed by atoms with Gasteiger partial charge >= 0.3 is 0 Å². The minimum Gasteiger partial charge on any atom is -0.379 e. The molecule has 2 aromatic carbocycles. The molecule has 3 rings (SSSR count). The van der Waals surface area contributed by atoms with Gasteiger partial charge in [0.1, 0.15) is 12.4 Å². The Bertz CT molecular complexity index is 1140. The molecule has 0 bridgehead atoms. The molecule has 0 aliphatic heterocycles. The number of para-hydroxylation sites is 1. The van der Waals surface area contributed by atoms with E-state index in [9.17, 15) is 17.6 Å². The van der Waals surface area contributed by atoms with E-state index in [1.54, 1.807) is 28.8 Å². The van der Waals surface area contributed by atoms with Crippen LogP contribution in [0, 0.1) is 5.82 Å². The van der Waals surface area contributed by atoms with Crippen molar-refractivity contribution in [3.63, 3.8) is 0 Å². The number of rotatable bonds is 10. The SMILES string of the molecule is CC(C)OCCCNC(=O)Cn1cc(S(=O)(=O)Cc2ccc(F)cc2)c2ccccc21. The van der Waals surface area contributed by atoms with E-state index in [0.717, 1.165) is 0 Å². The van der Waals surface area contributed by atoms with Gasteiger partial charge in [0.2, 0.25) is 5.91 Å². The van der Waals surface area contributed by atoms with E-state index < -0.39 is 15.7 Å². The van der Waals surface area contributed by atoms with Crippen LogP contribution in [0.2, 0.25) is 0 Å². The molecular formula is C23H27FN2O4S. The molecule has 0 unspecified atom stereocenters. The fourth-order valence-corrected chi connectivity index (χ4v) is 4.88. The lowest BCUT2D eigenvalue weighted by Gasteiger charge is -2.09. The predicted molar refractivity (Wildman–Crippen MR) is 118 cm³/mol. The van der Waals surface area contributed by atoms with Crippen LogP contribution < -0.4 is 5.32 Å². The number of amides is 1. The number of carbonyl (C=O) groups is 1. The number of nitrogens with zero attached hydrogens (tertiary/aromatic N) is 1. The first-order valence-electron chi connectivity index (χ1n) is 10.2. The summed E-state index contributed by atoms with van der Waals surface area (Å²) in [5.74, 6) is -0.865. The third-order valence-corrected chi connectivity index (χ3v) is 6.47. The first-order valence-corrected chi connectivity index (χ1v) is 11.8. The maximum atomic E-state index is 13.1.